The van der Waals surface area contributed by atoms with Gasteiger partial charge in [-0.1, -0.05) is 13.0 Å². The molecule has 0 radical (unpaired) electrons. The number of aliphatic hydroxyl groups excluding tert-OH is 1. The summed E-state index contributed by atoms with van der Waals surface area (Å²) in [5, 5.41) is 10.4. The fourth-order valence-electron chi connectivity index (χ4n) is 5.72. The van der Waals surface area contributed by atoms with Crippen LogP contribution >= 0.6 is 7.82 Å². The van der Waals surface area contributed by atoms with Crippen molar-refractivity contribution in [3.63, 3.8) is 0 Å². The van der Waals surface area contributed by atoms with Gasteiger partial charge in [-0.2, -0.15) is 0 Å². The molecule has 3 aliphatic rings. The molecule has 26 heavy (non-hydrogen) atoms. The third-order valence-electron chi connectivity index (χ3n) is 6.87. The van der Waals surface area contributed by atoms with Gasteiger partial charge in [0.15, 0.2) is 0 Å². The summed E-state index contributed by atoms with van der Waals surface area (Å²) < 4.78 is 15.3. The molecule has 4 unspecified atom stereocenters. The number of aliphatic hydroxyl groups is 1. The zero-order chi connectivity index (χ0) is 17.1. The summed E-state index contributed by atoms with van der Waals surface area (Å²) in [6.07, 6.45) is 5.86. The van der Waals surface area contributed by atoms with E-state index in [9.17, 15) is 19.5 Å². The summed E-state index contributed by atoms with van der Waals surface area (Å²) in [4.78, 5) is 21.6. The Bertz CT molecular complexity index is 709. The number of phosphoric acid groups is 1. The molecule has 1 N–H and O–H groups in total. The molecule has 2 saturated carbocycles. The van der Waals surface area contributed by atoms with E-state index in [0.717, 1.165) is 44.1 Å². The predicted molar refractivity (Wildman–Crippen MR) is 85.3 cm³/mol. The second-order valence-electron chi connectivity index (χ2n) is 7.95. The van der Waals surface area contributed by atoms with E-state index in [1.807, 2.05) is 6.07 Å². The normalized spacial score (nSPS) is 35.2. The summed E-state index contributed by atoms with van der Waals surface area (Å²) >= 11 is 0. The predicted octanol–water partition coefficient (Wildman–Crippen LogP) is -3.88. The fraction of sp³-hybridized carbons (Fsp3) is 0.667. The first-order valence-electron chi connectivity index (χ1n) is 8.80. The number of rotatable bonds is 2. The Morgan fingerprint density at radius 2 is 1.92 bits per heavy atom. The van der Waals surface area contributed by atoms with E-state index in [4.69, 9.17) is 0 Å². The first-order chi connectivity index (χ1) is 11.3. The molecule has 4 rings (SSSR count). The Morgan fingerprint density at radius 3 is 2.62 bits per heavy atom. The van der Waals surface area contributed by atoms with Crippen molar-refractivity contribution in [3.05, 3.63) is 29.3 Å². The summed E-state index contributed by atoms with van der Waals surface area (Å²) in [5.41, 5.74) is 2.43. The van der Waals surface area contributed by atoms with Gasteiger partial charge < -0.3 is 24.0 Å². The van der Waals surface area contributed by atoms with E-state index in [1.165, 1.54) is 5.56 Å². The molecular formula is C18H23Na2O5P. The molecule has 0 spiro atoms. The molecule has 0 aromatic heterocycles. The van der Waals surface area contributed by atoms with Crippen LogP contribution in [0.2, 0.25) is 0 Å². The molecular weight excluding hydrogens is 373 g/mol. The molecule has 0 bridgehead atoms. The van der Waals surface area contributed by atoms with Crippen LogP contribution in [0.3, 0.4) is 0 Å². The van der Waals surface area contributed by atoms with Crippen molar-refractivity contribution in [2.24, 2.45) is 17.3 Å². The SMILES string of the molecule is CC12CCC3c4ccc(OP(=O)([O-])[O-])cc4CCC3C1CC[C@@H]2O.[Na+].[Na+]. The van der Waals surface area contributed by atoms with Crippen molar-refractivity contribution in [1.82, 2.24) is 0 Å². The van der Waals surface area contributed by atoms with Crippen LogP contribution in [0.4, 0.5) is 0 Å². The number of benzene rings is 1. The molecule has 0 saturated heterocycles. The molecule has 0 heterocycles. The van der Waals surface area contributed by atoms with E-state index in [2.05, 4.69) is 11.4 Å². The summed E-state index contributed by atoms with van der Waals surface area (Å²) in [6, 6.07) is 5.25. The molecule has 132 valence electrons. The standard InChI is InChI=1S/C18H25O5P.2Na/c1-18-9-8-14-13-5-3-12(23-24(20,21)22)10-11(13)2-4-15(14)16(18)6-7-17(18)19;;/h3,5,10,14-17,19H,2,4,6-9H2,1H3,(H2,20,21,22);;/q;2*+1/p-2/t14?,15?,16?,17-,18?;;/m0../s1. The van der Waals surface area contributed by atoms with Gasteiger partial charge in [-0.25, -0.2) is 0 Å². The van der Waals surface area contributed by atoms with Gasteiger partial charge in [0.2, 0.25) is 0 Å². The van der Waals surface area contributed by atoms with E-state index < -0.39 is 7.82 Å². The minimum atomic E-state index is -5.01. The average Bonchev–Trinajstić information content (AvgIpc) is 2.81. The third kappa shape index (κ3) is 4.18. The molecule has 5 nitrogen and oxygen atoms in total. The van der Waals surface area contributed by atoms with Crippen LogP contribution in [0.1, 0.15) is 56.1 Å². The Kier molecular flexibility index (Phi) is 7.63. The zero-order valence-electron chi connectivity index (χ0n) is 15.8. The molecule has 2 fully saturated rings. The molecule has 3 aliphatic carbocycles. The smallest absolute Gasteiger partial charge is 0.780 e. The molecule has 0 aliphatic heterocycles. The average molecular weight is 396 g/mol. The maximum Gasteiger partial charge on any atom is 1.00 e. The number of aryl methyl sites for hydroxylation is 1. The topological polar surface area (TPSA) is 92.7 Å². The number of hydrogen-bond acceptors (Lipinski definition) is 5. The largest absolute Gasteiger partial charge is 1.00 e. The van der Waals surface area contributed by atoms with Crippen molar-refractivity contribution in [2.45, 2.75) is 57.5 Å². The van der Waals surface area contributed by atoms with Gasteiger partial charge in [0.05, 0.1) is 6.10 Å². The van der Waals surface area contributed by atoms with E-state index >= 15 is 0 Å². The molecule has 5 atom stereocenters. The molecule has 8 heteroatoms. The fourth-order valence-corrected chi connectivity index (χ4v) is 6.09. The maximum absolute atomic E-state index is 10.8. The van der Waals surface area contributed by atoms with Gasteiger partial charge in [0.25, 0.3) is 0 Å². The van der Waals surface area contributed by atoms with Crippen molar-refractivity contribution < 1.29 is 83.1 Å². The van der Waals surface area contributed by atoms with Gasteiger partial charge in [0, 0.05) is 0 Å². The van der Waals surface area contributed by atoms with Gasteiger partial charge in [-0.05, 0) is 85.0 Å². The first-order valence-corrected chi connectivity index (χ1v) is 10.3. The number of hydrogen-bond donors (Lipinski definition) is 1. The maximum atomic E-state index is 10.8. The van der Waals surface area contributed by atoms with Crippen LogP contribution in [0.25, 0.3) is 0 Å². The third-order valence-corrected chi connectivity index (χ3v) is 7.30. The molecule has 1 aromatic rings. The molecule has 0 amide bonds. The number of phosphoric ester groups is 1. The van der Waals surface area contributed by atoms with Gasteiger partial charge in [-0.15, -0.1) is 0 Å². The van der Waals surface area contributed by atoms with Gasteiger partial charge in [-0.3, -0.25) is 0 Å². The van der Waals surface area contributed by atoms with Gasteiger partial charge >= 0.3 is 59.1 Å². The van der Waals surface area contributed by atoms with Crippen molar-refractivity contribution >= 4 is 7.82 Å². The Balaban J connectivity index is 0.00000121. The Hall–Kier alpha value is 1.13. The van der Waals surface area contributed by atoms with Crippen LogP contribution in [0.15, 0.2) is 18.2 Å². The Labute approximate surface area is 199 Å². The summed E-state index contributed by atoms with van der Waals surface area (Å²) in [6.45, 7) is 2.25. The second kappa shape index (κ2) is 8.47. The second-order valence-corrected chi connectivity index (χ2v) is 9.03. The Morgan fingerprint density at radius 1 is 1.19 bits per heavy atom. The van der Waals surface area contributed by atoms with Crippen molar-refractivity contribution in [3.8, 4) is 5.75 Å². The first kappa shape index (κ1) is 23.4. The molecule has 1 aromatic carbocycles. The van der Waals surface area contributed by atoms with Gasteiger partial charge in [0.1, 0.15) is 13.6 Å². The van der Waals surface area contributed by atoms with Crippen molar-refractivity contribution in [2.75, 3.05) is 0 Å². The zero-order valence-corrected chi connectivity index (χ0v) is 20.7. The van der Waals surface area contributed by atoms with Crippen LogP contribution in [-0.2, 0) is 11.0 Å². The van der Waals surface area contributed by atoms with Crippen LogP contribution in [0.5, 0.6) is 5.75 Å². The van der Waals surface area contributed by atoms with E-state index in [-0.39, 0.29) is 76.4 Å². The van der Waals surface area contributed by atoms with E-state index in [1.54, 1.807) is 12.1 Å². The minimum Gasteiger partial charge on any atom is -0.780 e. The minimum absolute atomic E-state index is 0. The van der Waals surface area contributed by atoms with Crippen LogP contribution < -0.4 is 73.4 Å². The van der Waals surface area contributed by atoms with Crippen LogP contribution in [-0.4, -0.2) is 11.2 Å². The van der Waals surface area contributed by atoms with E-state index in [0.29, 0.717) is 17.8 Å². The number of fused-ring (bicyclic) bond motifs is 5. The quantitative estimate of drug-likeness (QED) is 0.408. The van der Waals surface area contributed by atoms with Crippen LogP contribution in [0, 0.1) is 17.3 Å². The summed E-state index contributed by atoms with van der Waals surface area (Å²) in [5.74, 6) is 1.75. The van der Waals surface area contributed by atoms with Crippen molar-refractivity contribution in [1.29, 1.82) is 0 Å². The summed E-state index contributed by atoms with van der Waals surface area (Å²) in [7, 11) is -5.01. The monoisotopic (exact) mass is 396 g/mol.